The molecule has 104 valence electrons. The molecule has 6 heteroatoms. The van der Waals surface area contributed by atoms with Crippen molar-refractivity contribution in [2.45, 2.75) is 25.4 Å². The summed E-state index contributed by atoms with van der Waals surface area (Å²) in [6.45, 7) is 1.34. The van der Waals surface area contributed by atoms with E-state index in [1.54, 1.807) is 36.1 Å². The van der Waals surface area contributed by atoms with Gasteiger partial charge in [-0.25, -0.2) is 0 Å². The maximum Gasteiger partial charge on any atom is 0.323 e. The highest BCUT2D eigenvalue weighted by Gasteiger charge is 2.53. The van der Waals surface area contributed by atoms with Crippen molar-refractivity contribution in [3.63, 3.8) is 0 Å². The average Bonchev–Trinajstić information content (AvgIpc) is 2.71. The van der Waals surface area contributed by atoms with E-state index in [2.05, 4.69) is 0 Å². The molecule has 2 aliphatic heterocycles. The molecule has 20 heavy (non-hydrogen) atoms. The molecule has 0 spiro atoms. The number of fused-ring (bicyclic) bond motifs is 3. The van der Waals surface area contributed by atoms with Crippen LogP contribution in [0.1, 0.15) is 30.1 Å². The lowest BCUT2D eigenvalue weighted by Gasteiger charge is -2.48. The molecule has 1 aromatic rings. The molecule has 0 saturated carbocycles. The summed E-state index contributed by atoms with van der Waals surface area (Å²) in [7, 11) is 0. The van der Waals surface area contributed by atoms with Gasteiger partial charge >= 0.3 is 5.97 Å². The molecule has 3 rings (SSSR count). The molecule has 1 saturated heterocycles. The second kappa shape index (κ2) is 4.06. The summed E-state index contributed by atoms with van der Waals surface area (Å²) >= 11 is 0. The first-order chi connectivity index (χ1) is 9.45. The number of nitrogens with zero attached hydrogens (tertiary/aromatic N) is 2. The molecule has 0 radical (unpaired) electrons. The van der Waals surface area contributed by atoms with Crippen LogP contribution in [0.5, 0.6) is 0 Å². The van der Waals surface area contributed by atoms with Crippen molar-refractivity contribution in [1.29, 1.82) is 0 Å². The minimum Gasteiger partial charge on any atom is -0.480 e. The van der Waals surface area contributed by atoms with Crippen molar-refractivity contribution in [2.24, 2.45) is 0 Å². The van der Waals surface area contributed by atoms with Crippen LogP contribution < -0.4 is 4.90 Å². The van der Waals surface area contributed by atoms with E-state index >= 15 is 0 Å². The highest BCUT2D eigenvalue weighted by molar-refractivity contribution is 6.10. The summed E-state index contributed by atoms with van der Waals surface area (Å²) in [5, 5.41) is 9.03. The number of carbonyl (C=O) groups excluding carboxylic acids is 2. The lowest BCUT2D eigenvalue weighted by atomic mass is 9.98. The Hall–Kier alpha value is -2.37. The molecule has 1 N–H and O–H groups in total. The van der Waals surface area contributed by atoms with E-state index < -0.39 is 18.2 Å². The SMILES string of the molecule is CC12CCC(=O)N1c1ccccc1C(=O)N2CC(=O)O. The number of carbonyl (C=O) groups is 3. The van der Waals surface area contributed by atoms with Crippen LogP contribution in [0.4, 0.5) is 5.69 Å². The van der Waals surface area contributed by atoms with Gasteiger partial charge < -0.3 is 10.0 Å². The summed E-state index contributed by atoms with van der Waals surface area (Å²) in [6, 6.07) is 6.83. The van der Waals surface area contributed by atoms with Crippen LogP contribution >= 0.6 is 0 Å². The molecule has 1 unspecified atom stereocenters. The fraction of sp³-hybridized carbons (Fsp3) is 0.357. The zero-order chi connectivity index (χ0) is 14.5. The molecular formula is C14H14N2O4. The molecular weight excluding hydrogens is 260 g/mol. The molecule has 6 nitrogen and oxygen atoms in total. The third-order valence-electron chi connectivity index (χ3n) is 4.04. The van der Waals surface area contributed by atoms with Gasteiger partial charge in [-0.3, -0.25) is 19.3 Å². The van der Waals surface area contributed by atoms with Gasteiger partial charge in [-0.05, 0) is 25.5 Å². The predicted octanol–water partition coefficient (Wildman–Crippen LogP) is 1.07. The first kappa shape index (κ1) is 12.7. The highest BCUT2D eigenvalue weighted by Crippen LogP contribution is 2.43. The minimum atomic E-state index is -1.08. The molecule has 1 aromatic carbocycles. The zero-order valence-electron chi connectivity index (χ0n) is 11.0. The van der Waals surface area contributed by atoms with Gasteiger partial charge in [0, 0.05) is 6.42 Å². The Morgan fingerprint density at radius 1 is 1.35 bits per heavy atom. The third kappa shape index (κ3) is 1.54. The Balaban J connectivity index is 2.19. The van der Waals surface area contributed by atoms with Crippen molar-refractivity contribution in [1.82, 2.24) is 4.90 Å². The number of anilines is 1. The van der Waals surface area contributed by atoms with Gasteiger partial charge in [-0.2, -0.15) is 0 Å². The number of aliphatic carboxylic acids is 1. The Labute approximate surface area is 115 Å². The number of carboxylic acids is 1. The number of rotatable bonds is 2. The standard InChI is InChI=1S/C14H14N2O4/c1-14-7-6-11(17)16(14)10-5-3-2-4-9(10)13(20)15(14)8-12(18)19/h2-5H,6-8H2,1H3,(H,18,19). The fourth-order valence-corrected chi connectivity index (χ4v) is 3.08. The number of benzene rings is 1. The highest BCUT2D eigenvalue weighted by atomic mass is 16.4. The summed E-state index contributed by atoms with van der Waals surface area (Å²) < 4.78 is 0. The van der Waals surface area contributed by atoms with Crippen molar-refractivity contribution in [3.05, 3.63) is 29.8 Å². The van der Waals surface area contributed by atoms with Gasteiger partial charge in [0.05, 0.1) is 11.3 Å². The van der Waals surface area contributed by atoms with Crippen LogP contribution in [0, 0.1) is 0 Å². The molecule has 1 fully saturated rings. The second-order valence-corrected chi connectivity index (χ2v) is 5.25. The predicted molar refractivity (Wildman–Crippen MR) is 70.2 cm³/mol. The van der Waals surface area contributed by atoms with Gasteiger partial charge in [0.25, 0.3) is 5.91 Å². The second-order valence-electron chi connectivity index (χ2n) is 5.25. The Kier molecular flexibility index (Phi) is 2.57. The molecule has 0 bridgehead atoms. The van der Waals surface area contributed by atoms with Gasteiger partial charge in [-0.15, -0.1) is 0 Å². The van der Waals surface area contributed by atoms with Crippen molar-refractivity contribution >= 4 is 23.5 Å². The third-order valence-corrected chi connectivity index (χ3v) is 4.04. The largest absolute Gasteiger partial charge is 0.480 e. The van der Waals surface area contributed by atoms with E-state index in [1.807, 2.05) is 0 Å². The number of amides is 2. The van der Waals surface area contributed by atoms with E-state index in [1.165, 1.54) is 4.90 Å². The fourth-order valence-electron chi connectivity index (χ4n) is 3.08. The number of hydrogen-bond acceptors (Lipinski definition) is 3. The molecule has 1 atom stereocenters. The summed E-state index contributed by atoms with van der Waals surface area (Å²) in [6.07, 6.45) is 0.757. The van der Waals surface area contributed by atoms with Gasteiger partial charge in [-0.1, -0.05) is 12.1 Å². The number of hydrogen-bond donors (Lipinski definition) is 1. The smallest absolute Gasteiger partial charge is 0.323 e. The molecule has 2 amide bonds. The first-order valence-electron chi connectivity index (χ1n) is 6.41. The maximum atomic E-state index is 12.5. The topological polar surface area (TPSA) is 77.9 Å². The molecule has 2 heterocycles. The van der Waals surface area contributed by atoms with Crippen LogP contribution in [-0.2, 0) is 9.59 Å². The van der Waals surface area contributed by atoms with Crippen LogP contribution in [-0.4, -0.2) is 40.0 Å². The summed E-state index contributed by atoms with van der Waals surface area (Å²) in [5.41, 5.74) is 0.0617. The first-order valence-corrected chi connectivity index (χ1v) is 6.41. The normalized spacial score (nSPS) is 24.6. The van der Waals surface area contributed by atoms with Crippen LogP contribution in [0.25, 0.3) is 0 Å². The van der Waals surface area contributed by atoms with E-state index in [0.29, 0.717) is 24.1 Å². The van der Waals surface area contributed by atoms with Crippen LogP contribution in [0.2, 0.25) is 0 Å². The lowest BCUT2D eigenvalue weighted by Crippen LogP contribution is -2.63. The Morgan fingerprint density at radius 3 is 2.75 bits per heavy atom. The summed E-state index contributed by atoms with van der Waals surface area (Å²) in [5.74, 6) is -1.50. The van der Waals surface area contributed by atoms with Gasteiger partial charge in [0.1, 0.15) is 12.2 Å². The molecule has 0 aliphatic carbocycles. The van der Waals surface area contributed by atoms with Crippen LogP contribution in [0.3, 0.4) is 0 Å². The quantitative estimate of drug-likeness (QED) is 0.875. The van der Waals surface area contributed by atoms with Crippen molar-refractivity contribution < 1.29 is 19.5 Å². The van der Waals surface area contributed by atoms with Gasteiger partial charge in [0.15, 0.2) is 0 Å². The Morgan fingerprint density at radius 2 is 2.05 bits per heavy atom. The zero-order valence-corrected chi connectivity index (χ0v) is 11.0. The van der Waals surface area contributed by atoms with E-state index in [0.717, 1.165) is 0 Å². The van der Waals surface area contributed by atoms with E-state index in [-0.39, 0.29) is 11.8 Å². The van der Waals surface area contributed by atoms with E-state index in [4.69, 9.17) is 5.11 Å². The van der Waals surface area contributed by atoms with Crippen LogP contribution in [0.15, 0.2) is 24.3 Å². The van der Waals surface area contributed by atoms with Crippen molar-refractivity contribution in [2.75, 3.05) is 11.4 Å². The number of para-hydroxylation sites is 1. The lowest BCUT2D eigenvalue weighted by molar-refractivity contribution is -0.139. The Bertz CT molecular complexity index is 627. The number of carboxylic acid groups (broad SMARTS) is 1. The monoisotopic (exact) mass is 274 g/mol. The molecule has 2 aliphatic rings. The van der Waals surface area contributed by atoms with E-state index in [9.17, 15) is 14.4 Å². The van der Waals surface area contributed by atoms with Crippen molar-refractivity contribution in [3.8, 4) is 0 Å². The van der Waals surface area contributed by atoms with Gasteiger partial charge in [0.2, 0.25) is 5.91 Å². The maximum absolute atomic E-state index is 12.5. The average molecular weight is 274 g/mol. The summed E-state index contributed by atoms with van der Waals surface area (Å²) in [4.78, 5) is 38.6. The minimum absolute atomic E-state index is 0.0807. The molecule has 0 aromatic heterocycles.